The molecule has 0 aliphatic rings. The Morgan fingerprint density at radius 3 is 2.47 bits per heavy atom. The highest BCUT2D eigenvalue weighted by atomic mass is 35.5. The molecule has 1 unspecified atom stereocenters. The van der Waals surface area contributed by atoms with Gasteiger partial charge in [-0.25, -0.2) is 0 Å². The largest absolute Gasteiger partial charge is 0.390 e. The number of aliphatic hydroxyl groups excluding tert-OH is 1. The summed E-state index contributed by atoms with van der Waals surface area (Å²) in [7, 11) is 0. The minimum Gasteiger partial charge on any atom is -0.390 e. The van der Waals surface area contributed by atoms with Crippen LogP contribution in [0.1, 0.15) is 0 Å². The lowest BCUT2D eigenvalue weighted by atomic mass is 10.3. The van der Waals surface area contributed by atoms with E-state index in [1.807, 2.05) is 36.4 Å². The Kier molecular flexibility index (Phi) is 5.58. The Bertz CT molecular complexity index is 507. The van der Waals surface area contributed by atoms with Crippen molar-refractivity contribution in [2.45, 2.75) is 15.9 Å². The van der Waals surface area contributed by atoms with Gasteiger partial charge in [0.15, 0.2) is 0 Å². The molecule has 2 rings (SSSR count). The highest BCUT2D eigenvalue weighted by Crippen LogP contribution is 2.33. The van der Waals surface area contributed by atoms with Crippen molar-refractivity contribution < 1.29 is 5.11 Å². The van der Waals surface area contributed by atoms with Crippen molar-refractivity contribution in [1.82, 2.24) is 0 Å². The van der Waals surface area contributed by atoms with E-state index in [9.17, 15) is 5.11 Å². The van der Waals surface area contributed by atoms with Crippen LogP contribution in [0.2, 0.25) is 0 Å². The summed E-state index contributed by atoms with van der Waals surface area (Å²) in [6, 6.07) is 18.3. The van der Waals surface area contributed by atoms with Gasteiger partial charge in [-0.15, -0.1) is 11.6 Å². The molecule has 4 heteroatoms. The molecule has 2 aromatic carbocycles. The topological polar surface area (TPSA) is 32.3 Å². The van der Waals surface area contributed by atoms with Crippen molar-refractivity contribution in [3.05, 3.63) is 54.6 Å². The number of hydrogen-bond donors (Lipinski definition) is 2. The van der Waals surface area contributed by atoms with Crippen LogP contribution >= 0.6 is 23.4 Å². The molecule has 1 atom stereocenters. The van der Waals surface area contributed by atoms with Gasteiger partial charge in [-0.3, -0.25) is 0 Å². The second-order valence-corrected chi connectivity index (χ2v) is 5.52. The average molecular weight is 294 g/mol. The molecule has 0 aliphatic carbocycles. The third-order valence-electron chi connectivity index (χ3n) is 2.56. The Hall–Kier alpha value is -1.16. The van der Waals surface area contributed by atoms with Crippen LogP contribution in [0.4, 0.5) is 5.69 Å². The Balaban J connectivity index is 2.08. The van der Waals surface area contributed by atoms with Crippen LogP contribution in [0.15, 0.2) is 64.4 Å². The van der Waals surface area contributed by atoms with Crippen LogP contribution in [-0.2, 0) is 0 Å². The number of rotatable bonds is 6. The number of para-hydroxylation sites is 1. The third-order valence-corrected chi connectivity index (χ3v) is 4.00. The van der Waals surface area contributed by atoms with Crippen molar-refractivity contribution in [2.24, 2.45) is 0 Å². The van der Waals surface area contributed by atoms with Crippen LogP contribution in [0.5, 0.6) is 0 Å². The fourth-order valence-corrected chi connectivity index (χ4v) is 2.65. The molecule has 2 nitrogen and oxygen atoms in total. The van der Waals surface area contributed by atoms with Crippen molar-refractivity contribution >= 4 is 29.1 Å². The minimum atomic E-state index is -0.531. The van der Waals surface area contributed by atoms with E-state index in [1.54, 1.807) is 11.8 Å². The molecule has 0 bridgehead atoms. The van der Waals surface area contributed by atoms with Crippen molar-refractivity contribution in [2.75, 3.05) is 17.7 Å². The van der Waals surface area contributed by atoms with Gasteiger partial charge in [0.25, 0.3) is 0 Å². The lowest BCUT2D eigenvalue weighted by Gasteiger charge is -2.13. The first-order valence-electron chi connectivity index (χ1n) is 6.09. The van der Waals surface area contributed by atoms with E-state index in [2.05, 4.69) is 23.5 Å². The molecule has 2 aromatic rings. The molecule has 100 valence electrons. The van der Waals surface area contributed by atoms with E-state index in [-0.39, 0.29) is 5.88 Å². The van der Waals surface area contributed by atoms with Gasteiger partial charge in [0, 0.05) is 22.0 Å². The highest BCUT2D eigenvalue weighted by molar-refractivity contribution is 7.99. The maximum Gasteiger partial charge on any atom is 0.0847 e. The Morgan fingerprint density at radius 2 is 1.74 bits per heavy atom. The number of hydrogen-bond acceptors (Lipinski definition) is 3. The molecule has 2 N–H and O–H groups in total. The maximum absolute atomic E-state index is 9.50. The molecule has 0 aromatic heterocycles. The lowest BCUT2D eigenvalue weighted by molar-refractivity contribution is 0.211. The molecular formula is C15H16ClNOS. The first-order valence-corrected chi connectivity index (χ1v) is 7.44. The lowest BCUT2D eigenvalue weighted by Crippen LogP contribution is -2.20. The molecule has 0 radical (unpaired) electrons. The zero-order valence-corrected chi connectivity index (χ0v) is 12.0. The molecule has 0 saturated heterocycles. The van der Waals surface area contributed by atoms with E-state index < -0.39 is 6.10 Å². The van der Waals surface area contributed by atoms with E-state index in [0.717, 1.165) is 10.6 Å². The van der Waals surface area contributed by atoms with Gasteiger partial charge in [0.2, 0.25) is 0 Å². The molecule has 0 amide bonds. The second-order valence-electron chi connectivity index (χ2n) is 4.10. The quantitative estimate of drug-likeness (QED) is 0.794. The SMILES string of the molecule is OC(CCl)CNc1ccccc1Sc1ccccc1. The zero-order chi connectivity index (χ0) is 13.5. The van der Waals surface area contributed by atoms with Crippen LogP contribution in [-0.4, -0.2) is 23.6 Å². The molecule has 0 heterocycles. The van der Waals surface area contributed by atoms with Gasteiger partial charge in [0.05, 0.1) is 12.0 Å². The van der Waals surface area contributed by atoms with Gasteiger partial charge in [0.1, 0.15) is 0 Å². The number of alkyl halides is 1. The summed E-state index contributed by atoms with van der Waals surface area (Å²) in [5.41, 5.74) is 1.01. The Labute approximate surface area is 122 Å². The predicted octanol–water partition coefficient (Wildman–Crippen LogP) is 3.85. The van der Waals surface area contributed by atoms with E-state index in [1.165, 1.54) is 4.90 Å². The Morgan fingerprint density at radius 1 is 1.05 bits per heavy atom. The van der Waals surface area contributed by atoms with Gasteiger partial charge >= 0.3 is 0 Å². The standard InChI is InChI=1S/C15H16ClNOS/c16-10-12(18)11-17-14-8-4-5-9-15(14)19-13-6-2-1-3-7-13/h1-9,12,17-18H,10-11H2. The molecular weight excluding hydrogens is 278 g/mol. The number of halogens is 1. The van der Waals surface area contributed by atoms with Crippen LogP contribution < -0.4 is 5.32 Å². The first-order chi connectivity index (χ1) is 9.29. The summed E-state index contributed by atoms with van der Waals surface area (Å²) in [4.78, 5) is 2.32. The number of aliphatic hydroxyl groups is 1. The van der Waals surface area contributed by atoms with E-state index in [0.29, 0.717) is 6.54 Å². The van der Waals surface area contributed by atoms with Gasteiger partial charge in [-0.2, -0.15) is 0 Å². The number of anilines is 1. The van der Waals surface area contributed by atoms with Gasteiger partial charge in [-0.1, -0.05) is 42.1 Å². The third kappa shape index (κ3) is 4.46. The van der Waals surface area contributed by atoms with Crippen LogP contribution in [0, 0.1) is 0 Å². The first kappa shape index (κ1) is 14.3. The molecule has 0 saturated carbocycles. The monoisotopic (exact) mass is 293 g/mol. The van der Waals surface area contributed by atoms with E-state index in [4.69, 9.17) is 11.6 Å². The van der Waals surface area contributed by atoms with Crippen molar-refractivity contribution in [1.29, 1.82) is 0 Å². The van der Waals surface area contributed by atoms with Crippen LogP contribution in [0.25, 0.3) is 0 Å². The summed E-state index contributed by atoms with van der Waals surface area (Å²) >= 11 is 7.29. The normalized spacial score (nSPS) is 12.1. The fraction of sp³-hybridized carbons (Fsp3) is 0.200. The summed E-state index contributed by atoms with van der Waals surface area (Å²) in [5.74, 6) is 0.237. The van der Waals surface area contributed by atoms with Crippen LogP contribution in [0.3, 0.4) is 0 Å². The molecule has 0 spiro atoms. The van der Waals surface area contributed by atoms with Gasteiger partial charge < -0.3 is 10.4 Å². The minimum absolute atomic E-state index is 0.237. The summed E-state index contributed by atoms with van der Waals surface area (Å²) in [6.45, 7) is 0.454. The molecule has 19 heavy (non-hydrogen) atoms. The predicted molar refractivity (Wildman–Crippen MR) is 82.2 cm³/mol. The summed E-state index contributed by atoms with van der Waals surface area (Å²) < 4.78 is 0. The maximum atomic E-state index is 9.50. The second kappa shape index (κ2) is 7.43. The smallest absolute Gasteiger partial charge is 0.0847 e. The molecule has 0 aliphatic heterocycles. The van der Waals surface area contributed by atoms with E-state index >= 15 is 0 Å². The molecule has 0 fully saturated rings. The number of benzene rings is 2. The van der Waals surface area contributed by atoms with Crippen molar-refractivity contribution in [3.63, 3.8) is 0 Å². The zero-order valence-electron chi connectivity index (χ0n) is 10.4. The highest BCUT2D eigenvalue weighted by Gasteiger charge is 2.06. The number of nitrogens with one attached hydrogen (secondary N) is 1. The van der Waals surface area contributed by atoms with Gasteiger partial charge in [-0.05, 0) is 24.3 Å². The summed E-state index contributed by atoms with van der Waals surface area (Å²) in [6.07, 6.45) is -0.531. The average Bonchev–Trinajstić information content (AvgIpc) is 2.47. The summed E-state index contributed by atoms with van der Waals surface area (Å²) in [5, 5.41) is 12.7. The van der Waals surface area contributed by atoms with Crippen molar-refractivity contribution in [3.8, 4) is 0 Å². The fourth-order valence-electron chi connectivity index (χ4n) is 1.60.